The van der Waals surface area contributed by atoms with Crippen LogP contribution in [0.2, 0.25) is 0 Å². The predicted molar refractivity (Wildman–Crippen MR) is 108 cm³/mol. The lowest BCUT2D eigenvalue weighted by Gasteiger charge is -2.18. The molecule has 7 nitrogen and oxygen atoms in total. The summed E-state index contributed by atoms with van der Waals surface area (Å²) in [6, 6.07) is 13.1. The van der Waals surface area contributed by atoms with E-state index in [4.69, 9.17) is 19.1 Å². The quantitative estimate of drug-likeness (QED) is 0.625. The smallest absolute Gasteiger partial charge is 0.341 e. The van der Waals surface area contributed by atoms with Gasteiger partial charge in [0.05, 0.1) is 6.61 Å². The Bertz CT molecular complexity index is 987. The number of nitrogens with zero attached hydrogens (tertiary/aromatic N) is 2. The first kappa shape index (κ1) is 20.4. The maximum absolute atomic E-state index is 10.7. The van der Waals surface area contributed by atoms with Crippen molar-refractivity contribution in [3.63, 3.8) is 0 Å². The van der Waals surface area contributed by atoms with Gasteiger partial charge in [-0.05, 0) is 48.2 Å². The summed E-state index contributed by atoms with van der Waals surface area (Å²) in [7, 11) is 0. The molecule has 152 valence electrons. The molecule has 1 aromatic heterocycles. The molecule has 0 saturated heterocycles. The monoisotopic (exact) mass is 396 g/mol. The third-order valence-electron chi connectivity index (χ3n) is 4.28. The van der Waals surface area contributed by atoms with Crippen LogP contribution in [0.15, 0.2) is 47.0 Å². The van der Waals surface area contributed by atoms with Crippen LogP contribution in [-0.2, 0) is 10.2 Å². The molecule has 2 aromatic carbocycles. The molecule has 0 saturated carbocycles. The van der Waals surface area contributed by atoms with Gasteiger partial charge < -0.3 is 19.1 Å². The summed E-state index contributed by atoms with van der Waals surface area (Å²) in [4.78, 5) is 15.2. The predicted octanol–water partition coefficient (Wildman–Crippen LogP) is 4.56. The highest BCUT2D eigenvalue weighted by Gasteiger charge is 2.16. The number of benzene rings is 2. The number of ether oxygens (including phenoxy) is 2. The van der Waals surface area contributed by atoms with Crippen LogP contribution < -0.4 is 9.47 Å². The topological polar surface area (TPSA) is 94.7 Å². The molecule has 0 fully saturated rings. The van der Waals surface area contributed by atoms with Crippen molar-refractivity contribution in [1.29, 1.82) is 0 Å². The summed E-state index contributed by atoms with van der Waals surface area (Å²) in [6.45, 7) is 8.27. The van der Waals surface area contributed by atoms with E-state index in [1.54, 1.807) is 18.2 Å². The van der Waals surface area contributed by atoms with E-state index in [0.717, 1.165) is 5.56 Å². The highest BCUT2D eigenvalue weighted by molar-refractivity contribution is 5.69. The minimum Gasteiger partial charge on any atom is -0.490 e. The molecule has 0 aliphatic rings. The molecular formula is C22H24N2O5. The van der Waals surface area contributed by atoms with Crippen LogP contribution in [0.5, 0.6) is 11.5 Å². The SMILES string of the molecule is CCOc1cc(-c2noc(-c3ccc(C(C)(C)C)cc3)n2)ccc1OCC(=O)O. The second-order valence-corrected chi connectivity index (χ2v) is 7.53. The van der Waals surface area contributed by atoms with Gasteiger partial charge in [0.1, 0.15) is 0 Å². The average molecular weight is 396 g/mol. The molecule has 0 unspecified atom stereocenters. The average Bonchev–Trinajstić information content (AvgIpc) is 3.17. The van der Waals surface area contributed by atoms with Gasteiger partial charge in [0, 0.05) is 11.1 Å². The Kier molecular flexibility index (Phi) is 5.87. The lowest BCUT2D eigenvalue weighted by atomic mass is 9.87. The lowest BCUT2D eigenvalue weighted by Crippen LogP contribution is -2.10. The highest BCUT2D eigenvalue weighted by Crippen LogP contribution is 2.33. The number of hydrogen-bond acceptors (Lipinski definition) is 6. The number of carboxylic acid groups (broad SMARTS) is 1. The molecule has 0 atom stereocenters. The second kappa shape index (κ2) is 8.34. The highest BCUT2D eigenvalue weighted by atomic mass is 16.5. The summed E-state index contributed by atoms with van der Waals surface area (Å²) >= 11 is 0. The molecule has 1 N–H and O–H groups in total. The Hall–Kier alpha value is -3.35. The van der Waals surface area contributed by atoms with Crippen LogP contribution >= 0.6 is 0 Å². The molecule has 1 heterocycles. The molecule has 7 heteroatoms. The first-order valence-corrected chi connectivity index (χ1v) is 9.34. The van der Waals surface area contributed by atoms with E-state index in [1.165, 1.54) is 5.56 Å². The van der Waals surface area contributed by atoms with Crippen LogP contribution in [0.3, 0.4) is 0 Å². The maximum Gasteiger partial charge on any atom is 0.341 e. The number of rotatable bonds is 7. The number of aromatic nitrogens is 2. The third kappa shape index (κ3) is 4.93. The Labute approximate surface area is 169 Å². The third-order valence-corrected chi connectivity index (χ3v) is 4.28. The van der Waals surface area contributed by atoms with Crippen LogP contribution in [0.25, 0.3) is 22.8 Å². The summed E-state index contributed by atoms with van der Waals surface area (Å²) in [5, 5.41) is 12.9. The Morgan fingerprint density at radius 1 is 1.03 bits per heavy atom. The van der Waals surface area contributed by atoms with Crippen molar-refractivity contribution in [2.75, 3.05) is 13.2 Å². The van der Waals surface area contributed by atoms with Gasteiger partial charge in [-0.2, -0.15) is 4.98 Å². The van der Waals surface area contributed by atoms with Crippen molar-refractivity contribution in [2.45, 2.75) is 33.1 Å². The molecule has 3 rings (SSSR count). The summed E-state index contributed by atoms with van der Waals surface area (Å²) in [5.41, 5.74) is 2.80. The molecule has 0 radical (unpaired) electrons. The maximum atomic E-state index is 10.7. The van der Waals surface area contributed by atoms with Crippen molar-refractivity contribution >= 4 is 5.97 Å². The van der Waals surface area contributed by atoms with Crippen LogP contribution in [0.4, 0.5) is 0 Å². The van der Waals surface area contributed by atoms with Crippen molar-refractivity contribution in [2.24, 2.45) is 0 Å². The van der Waals surface area contributed by atoms with Crippen LogP contribution in [-0.4, -0.2) is 34.4 Å². The largest absolute Gasteiger partial charge is 0.490 e. The van der Waals surface area contributed by atoms with E-state index in [-0.39, 0.29) is 5.41 Å². The number of carboxylic acids is 1. The van der Waals surface area contributed by atoms with Gasteiger partial charge in [0.2, 0.25) is 5.82 Å². The zero-order valence-corrected chi connectivity index (χ0v) is 16.9. The molecule has 0 amide bonds. The molecule has 0 spiro atoms. The van der Waals surface area contributed by atoms with E-state index < -0.39 is 12.6 Å². The van der Waals surface area contributed by atoms with Gasteiger partial charge in [0.15, 0.2) is 18.1 Å². The van der Waals surface area contributed by atoms with Crippen molar-refractivity contribution in [3.05, 3.63) is 48.0 Å². The van der Waals surface area contributed by atoms with Gasteiger partial charge in [-0.15, -0.1) is 0 Å². The van der Waals surface area contributed by atoms with Crippen molar-refractivity contribution in [3.8, 4) is 34.3 Å². The van der Waals surface area contributed by atoms with Crippen molar-refractivity contribution < 1.29 is 23.9 Å². The fraction of sp³-hybridized carbons (Fsp3) is 0.318. The Morgan fingerprint density at radius 2 is 1.72 bits per heavy atom. The fourth-order valence-electron chi connectivity index (χ4n) is 2.74. The van der Waals surface area contributed by atoms with E-state index in [9.17, 15) is 4.79 Å². The van der Waals surface area contributed by atoms with Gasteiger partial charge >= 0.3 is 5.97 Å². The van der Waals surface area contributed by atoms with E-state index in [1.807, 2.05) is 19.1 Å². The number of aliphatic carboxylic acids is 1. The Morgan fingerprint density at radius 3 is 2.34 bits per heavy atom. The summed E-state index contributed by atoms with van der Waals surface area (Å²) in [5.74, 6) is 0.540. The molecule has 0 aliphatic heterocycles. The summed E-state index contributed by atoms with van der Waals surface area (Å²) < 4.78 is 16.3. The minimum absolute atomic E-state index is 0.0681. The van der Waals surface area contributed by atoms with Crippen LogP contribution in [0.1, 0.15) is 33.3 Å². The molecule has 3 aromatic rings. The van der Waals surface area contributed by atoms with Crippen molar-refractivity contribution in [1.82, 2.24) is 10.1 Å². The lowest BCUT2D eigenvalue weighted by molar-refractivity contribution is -0.139. The Balaban J connectivity index is 1.85. The summed E-state index contributed by atoms with van der Waals surface area (Å²) in [6.07, 6.45) is 0. The van der Waals surface area contributed by atoms with E-state index >= 15 is 0 Å². The zero-order chi connectivity index (χ0) is 21.0. The van der Waals surface area contributed by atoms with Gasteiger partial charge in [-0.1, -0.05) is 38.1 Å². The van der Waals surface area contributed by atoms with E-state index in [2.05, 4.69) is 43.0 Å². The first-order chi connectivity index (χ1) is 13.8. The molecular weight excluding hydrogens is 372 g/mol. The van der Waals surface area contributed by atoms with E-state index in [0.29, 0.717) is 35.4 Å². The molecule has 0 bridgehead atoms. The fourth-order valence-corrected chi connectivity index (χ4v) is 2.74. The number of hydrogen-bond donors (Lipinski definition) is 1. The number of carbonyl (C=O) groups is 1. The van der Waals surface area contributed by atoms with Gasteiger partial charge in [-0.25, -0.2) is 4.79 Å². The zero-order valence-electron chi connectivity index (χ0n) is 16.9. The normalized spacial score (nSPS) is 11.3. The second-order valence-electron chi connectivity index (χ2n) is 7.53. The van der Waals surface area contributed by atoms with Crippen LogP contribution in [0, 0.1) is 0 Å². The minimum atomic E-state index is -1.06. The first-order valence-electron chi connectivity index (χ1n) is 9.34. The van der Waals surface area contributed by atoms with Gasteiger partial charge in [-0.3, -0.25) is 0 Å². The van der Waals surface area contributed by atoms with Gasteiger partial charge in [0.25, 0.3) is 5.89 Å². The molecule has 29 heavy (non-hydrogen) atoms. The standard InChI is InChI=1S/C22H24N2O5/c1-5-27-18-12-15(8-11-17(18)28-13-19(25)26)20-23-21(29-24-20)14-6-9-16(10-7-14)22(2,3)4/h6-12H,5,13H2,1-4H3,(H,25,26). The molecule has 0 aliphatic carbocycles.